The summed E-state index contributed by atoms with van der Waals surface area (Å²) in [7, 11) is 0. The lowest BCUT2D eigenvalue weighted by Crippen LogP contribution is -2.13. The summed E-state index contributed by atoms with van der Waals surface area (Å²) in [6.45, 7) is 3.67. The summed E-state index contributed by atoms with van der Waals surface area (Å²) >= 11 is 1.66. The van der Waals surface area contributed by atoms with E-state index >= 15 is 0 Å². The Labute approximate surface area is 145 Å². The zero-order chi connectivity index (χ0) is 16.4. The van der Waals surface area contributed by atoms with Gasteiger partial charge in [-0.3, -0.25) is 4.98 Å². The largest absolute Gasteiger partial charge is 0.381 e. The maximum absolute atomic E-state index is 5.37. The fourth-order valence-corrected chi connectivity index (χ4v) is 3.65. The monoisotopic (exact) mass is 334 g/mol. The van der Waals surface area contributed by atoms with E-state index in [1.165, 1.54) is 10.9 Å². The van der Waals surface area contributed by atoms with Crippen molar-refractivity contribution in [2.24, 2.45) is 5.92 Å². The molecule has 3 heterocycles. The number of rotatable bonds is 1. The van der Waals surface area contributed by atoms with Crippen molar-refractivity contribution >= 4 is 22.1 Å². The molecule has 0 saturated carbocycles. The molecule has 4 rings (SSSR count). The number of thiazole rings is 1. The fraction of sp³-hybridized carbons (Fsp3) is 0.300. The number of benzene rings is 1. The molecule has 0 radical (unpaired) electrons. The molecule has 0 bridgehead atoms. The Balaban J connectivity index is 1.59. The maximum Gasteiger partial charge on any atom is 0.167 e. The molecule has 1 aliphatic rings. The second-order valence-corrected chi connectivity index (χ2v) is 7.10. The first-order chi connectivity index (χ1) is 11.8. The van der Waals surface area contributed by atoms with Crippen LogP contribution in [0.25, 0.3) is 21.2 Å². The molecule has 1 fully saturated rings. The van der Waals surface area contributed by atoms with Gasteiger partial charge < -0.3 is 4.74 Å². The lowest BCUT2D eigenvalue weighted by Gasteiger charge is -2.16. The van der Waals surface area contributed by atoms with Gasteiger partial charge in [0.25, 0.3) is 0 Å². The maximum atomic E-state index is 5.37. The molecule has 24 heavy (non-hydrogen) atoms. The van der Waals surface area contributed by atoms with Gasteiger partial charge in [-0.1, -0.05) is 18.1 Å². The number of aryl methyl sites for hydroxylation is 1. The Morgan fingerprint density at radius 3 is 2.83 bits per heavy atom. The van der Waals surface area contributed by atoms with E-state index in [4.69, 9.17) is 4.74 Å². The highest BCUT2D eigenvalue weighted by atomic mass is 32.1. The number of ether oxygens (including phenoxy) is 1. The quantitative estimate of drug-likeness (QED) is 0.617. The van der Waals surface area contributed by atoms with E-state index in [1.807, 2.05) is 19.3 Å². The topological polar surface area (TPSA) is 35.0 Å². The summed E-state index contributed by atoms with van der Waals surface area (Å²) < 4.78 is 5.37. The summed E-state index contributed by atoms with van der Waals surface area (Å²) in [4.78, 5) is 9.98. The lowest BCUT2D eigenvalue weighted by atomic mass is 10.0. The third-order valence-corrected chi connectivity index (χ3v) is 5.22. The van der Waals surface area contributed by atoms with Crippen LogP contribution in [0.3, 0.4) is 0 Å². The molecule has 0 unspecified atom stereocenters. The molecule has 4 heteroatoms. The highest BCUT2D eigenvalue weighted by molar-refractivity contribution is 7.15. The van der Waals surface area contributed by atoms with Gasteiger partial charge in [-0.15, -0.1) is 11.3 Å². The van der Waals surface area contributed by atoms with Crippen molar-refractivity contribution in [2.75, 3.05) is 13.2 Å². The summed E-state index contributed by atoms with van der Waals surface area (Å²) in [5, 5.41) is 3.26. The highest BCUT2D eigenvalue weighted by Crippen LogP contribution is 2.29. The predicted octanol–water partition coefficient (Wildman–Crippen LogP) is 4.44. The van der Waals surface area contributed by atoms with Crippen LogP contribution in [0.15, 0.2) is 36.7 Å². The third kappa shape index (κ3) is 3.33. The van der Waals surface area contributed by atoms with Gasteiger partial charge in [0.2, 0.25) is 0 Å². The summed E-state index contributed by atoms with van der Waals surface area (Å²) in [6, 6.07) is 8.56. The van der Waals surface area contributed by atoms with Crippen molar-refractivity contribution in [3.8, 4) is 22.3 Å². The average molecular weight is 334 g/mol. The van der Waals surface area contributed by atoms with Crippen LogP contribution < -0.4 is 0 Å². The van der Waals surface area contributed by atoms with Crippen LogP contribution in [0.4, 0.5) is 0 Å². The molecular weight excluding hydrogens is 316 g/mol. The van der Waals surface area contributed by atoms with E-state index < -0.39 is 0 Å². The van der Waals surface area contributed by atoms with Gasteiger partial charge in [0, 0.05) is 42.6 Å². The van der Waals surface area contributed by atoms with Crippen molar-refractivity contribution in [3.05, 3.63) is 47.4 Å². The van der Waals surface area contributed by atoms with Crippen LogP contribution in [0.5, 0.6) is 0 Å². The first-order valence-electron chi connectivity index (χ1n) is 8.20. The first-order valence-corrected chi connectivity index (χ1v) is 9.01. The molecule has 0 N–H and O–H groups in total. The molecule has 1 saturated heterocycles. The normalized spacial score (nSPS) is 15.2. The molecule has 0 atom stereocenters. The molecule has 0 spiro atoms. The van der Waals surface area contributed by atoms with Gasteiger partial charge in [0.05, 0.1) is 4.88 Å². The Bertz CT molecular complexity index is 929. The van der Waals surface area contributed by atoms with Crippen LogP contribution in [0, 0.1) is 24.7 Å². The second-order valence-electron chi connectivity index (χ2n) is 6.07. The molecule has 0 aliphatic carbocycles. The van der Waals surface area contributed by atoms with Crippen LogP contribution in [0.2, 0.25) is 0 Å². The standard InChI is InChI=1S/C20H18N2OS/c1-14-10-18-11-16(3-4-17(18)12-21-14)19-13-22-20(24-19)5-2-15-6-8-23-9-7-15/h3-4,10-13,15H,6-9H2,1H3. The predicted molar refractivity (Wildman–Crippen MR) is 98.0 cm³/mol. The molecule has 2 aromatic heterocycles. The van der Waals surface area contributed by atoms with Crippen LogP contribution in [-0.2, 0) is 4.74 Å². The minimum Gasteiger partial charge on any atom is -0.381 e. The SMILES string of the molecule is Cc1cc2cc(-c3cnc(C#CC4CCOCC4)s3)ccc2cn1. The fourth-order valence-electron chi connectivity index (χ4n) is 2.88. The van der Waals surface area contributed by atoms with Gasteiger partial charge in [0.1, 0.15) is 0 Å². The van der Waals surface area contributed by atoms with Crippen LogP contribution in [0.1, 0.15) is 23.5 Å². The minimum atomic E-state index is 0.447. The number of pyridine rings is 1. The molecule has 120 valence electrons. The van der Waals surface area contributed by atoms with Crippen molar-refractivity contribution in [1.82, 2.24) is 9.97 Å². The summed E-state index contributed by atoms with van der Waals surface area (Å²) in [5.41, 5.74) is 2.22. The second kappa shape index (κ2) is 6.72. The Hall–Kier alpha value is -2.22. The Kier molecular flexibility index (Phi) is 4.29. The smallest absolute Gasteiger partial charge is 0.167 e. The molecular formula is C20H18N2OS. The number of aromatic nitrogens is 2. The van der Waals surface area contributed by atoms with Crippen LogP contribution >= 0.6 is 11.3 Å². The van der Waals surface area contributed by atoms with E-state index in [2.05, 4.69) is 46.1 Å². The van der Waals surface area contributed by atoms with E-state index in [9.17, 15) is 0 Å². The van der Waals surface area contributed by atoms with Crippen molar-refractivity contribution in [3.63, 3.8) is 0 Å². The van der Waals surface area contributed by atoms with Gasteiger partial charge in [-0.2, -0.15) is 0 Å². The molecule has 3 nitrogen and oxygen atoms in total. The zero-order valence-electron chi connectivity index (χ0n) is 13.6. The summed E-state index contributed by atoms with van der Waals surface area (Å²) in [6.07, 6.45) is 5.91. The summed E-state index contributed by atoms with van der Waals surface area (Å²) in [5.74, 6) is 7.04. The van der Waals surface area contributed by atoms with E-state index in [0.29, 0.717) is 5.92 Å². The number of nitrogens with zero attached hydrogens (tertiary/aromatic N) is 2. The molecule has 1 aliphatic heterocycles. The van der Waals surface area contributed by atoms with Crippen molar-refractivity contribution < 1.29 is 4.74 Å². The van der Waals surface area contributed by atoms with Crippen molar-refractivity contribution in [1.29, 1.82) is 0 Å². The van der Waals surface area contributed by atoms with Gasteiger partial charge in [0.15, 0.2) is 5.01 Å². The highest BCUT2D eigenvalue weighted by Gasteiger charge is 2.11. The first kappa shape index (κ1) is 15.3. The minimum absolute atomic E-state index is 0.447. The van der Waals surface area contributed by atoms with Crippen molar-refractivity contribution in [2.45, 2.75) is 19.8 Å². The molecule has 3 aromatic rings. The molecule has 1 aromatic carbocycles. The lowest BCUT2D eigenvalue weighted by molar-refractivity contribution is 0.0807. The zero-order valence-corrected chi connectivity index (χ0v) is 14.4. The van der Waals surface area contributed by atoms with E-state index in [0.717, 1.165) is 47.0 Å². The van der Waals surface area contributed by atoms with Gasteiger partial charge in [-0.25, -0.2) is 4.98 Å². The number of fused-ring (bicyclic) bond motifs is 1. The van der Waals surface area contributed by atoms with Gasteiger partial charge in [-0.05, 0) is 48.8 Å². The molecule has 0 amide bonds. The number of hydrogen-bond acceptors (Lipinski definition) is 4. The third-order valence-electron chi connectivity index (χ3n) is 4.25. The Morgan fingerprint density at radius 2 is 1.96 bits per heavy atom. The Morgan fingerprint density at radius 1 is 1.08 bits per heavy atom. The van der Waals surface area contributed by atoms with E-state index in [-0.39, 0.29) is 0 Å². The van der Waals surface area contributed by atoms with E-state index in [1.54, 1.807) is 11.3 Å². The number of hydrogen-bond donors (Lipinski definition) is 0. The average Bonchev–Trinajstić information content (AvgIpc) is 3.09. The van der Waals surface area contributed by atoms with Crippen LogP contribution in [-0.4, -0.2) is 23.2 Å². The van der Waals surface area contributed by atoms with Gasteiger partial charge >= 0.3 is 0 Å².